The molecule has 1 heterocycles. The summed E-state index contributed by atoms with van der Waals surface area (Å²) in [7, 11) is 3.78. The van der Waals surface area contributed by atoms with Gasteiger partial charge in [0.05, 0.1) is 13.1 Å². The van der Waals surface area contributed by atoms with E-state index >= 15 is 0 Å². The zero-order chi connectivity index (χ0) is 15.8. The van der Waals surface area contributed by atoms with Gasteiger partial charge in [-0.2, -0.15) is 0 Å². The van der Waals surface area contributed by atoms with Gasteiger partial charge in [0, 0.05) is 18.5 Å². The van der Waals surface area contributed by atoms with Crippen LogP contribution in [0.5, 0.6) is 5.75 Å². The largest absolute Gasteiger partial charge is 0.492 e. The highest BCUT2D eigenvalue weighted by atomic mass is 32.1. The second-order valence-electron chi connectivity index (χ2n) is 5.23. The SMILES string of the molecule is CN(CCOc1ccccc1)CC(=O)N(C)Cc1cccs1. The molecule has 1 aromatic heterocycles. The van der Waals surface area contributed by atoms with E-state index in [9.17, 15) is 4.79 Å². The lowest BCUT2D eigenvalue weighted by Crippen LogP contribution is -2.37. The van der Waals surface area contributed by atoms with Crippen LogP contribution >= 0.6 is 11.3 Å². The Labute approximate surface area is 135 Å². The number of hydrogen-bond acceptors (Lipinski definition) is 4. The summed E-state index contributed by atoms with van der Waals surface area (Å²) in [6.07, 6.45) is 0. The number of carbonyl (C=O) groups excluding carboxylic acids is 1. The monoisotopic (exact) mass is 318 g/mol. The highest BCUT2D eigenvalue weighted by Gasteiger charge is 2.12. The Morgan fingerprint density at radius 2 is 1.91 bits per heavy atom. The first-order valence-corrected chi connectivity index (χ1v) is 8.16. The number of hydrogen-bond donors (Lipinski definition) is 0. The van der Waals surface area contributed by atoms with Crippen molar-refractivity contribution in [1.29, 1.82) is 0 Å². The Bertz CT molecular complexity index is 557. The third-order valence-corrected chi connectivity index (χ3v) is 4.15. The molecule has 0 saturated carbocycles. The Morgan fingerprint density at radius 1 is 1.14 bits per heavy atom. The minimum atomic E-state index is 0.121. The molecule has 5 heteroatoms. The molecule has 0 aliphatic carbocycles. The summed E-state index contributed by atoms with van der Waals surface area (Å²) in [6.45, 7) is 2.36. The highest BCUT2D eigenvalue weighted by molar-refractivity contribution is 7.09. The summed E-state index contributed by atoms with van der Waals surface area (Å²) in [5, 5.41) is 2.03. The average Bonchev–Trinajstić information content (AvgIpc) is 3.01. The first-order valence-electron chi connectivity index (χ1n) is 7.28. The molecule has 4 nitrogen and oxygen atoms in total. The van der Waals surface area contributed by atoms with Crippen molar-refractivity contribution < 1.29 is 9.53 Å². The van der Waals surface area contributed by atoms with Gasteiger partial charge in [-0.15, -0.1) is 11.3 Å². The van der Waals surface area contributed by atoms with Crippen LogP contribution in [0.25, 0.3) is 0 Å². The second-order valence-corrected chi connectivity index (χ2v) is 6.26. The molecule has 0 atom stereocenters. The van der Waals surface area contributed by atoms with Crippen molar-refractivity contribution in [2.75, 3.05) is 33.8 Å². The number of thiophene rings is 1. The molecule has 0 radical (unpaired) electrons. The van der Waals surface area contributed by atoms with E-state index in [1.54, 1.807) is 16.2 Å². The van der Waals surface area contributed by atoms with E-state index in [2.05, 4.69) is 0 Å². The molecule has 0 unspecified atom stereocenters. The van der Waals surface area contributed by atoms with Crippen LogP contribution in [0, 0.1) is 0 Å². The van der Waals surface area contributed by atoms with Gasteiger partial charge in [0.2, 0.25) is 5.91 Å². The van der Waals surface area contributed by atoms with Crippen LogP contribution in [-0.2, 0) is 11.3 Å². The number of likely N-dealkylation sites (N-methyl/N-ethyl adjacent to an activating group) is 2. The van der Waals surface area contributed by atoms with Gasteiger partial charge in [-0.05, 0) is 30.6 Å². The molecule has 0 bridgehead atoms. The standard InChI is InChI=1S/C17H22N2O2S/c1-18(10-11-21-15-7-4-3-5-8-15)14-17(20)19(2)13-16-9-6-12-22-16/h3-9,12H,10-11,13-14H2,1-2H3. The Balaban J connectivity index is 1.67. The van der Waals surface area contributed by atoms with Gasteiger partial charge in [0.15, 0.2) is 0 Å². The number of carbonyl (C=O) groups is 1. The van der Waals surface area contributed by atoms with Gasteiger partial charge in [0.1, 0.15) is 12.4 Å². The lowest BCUT2D eigenvalue weighted by molar-refractivity contribution is -0.131. The smallest absolute Gasteiger partial charge is 0.236 e. The van der Waals surface area contributed by atoms with Crippen molar-refractivity contribution in [3.05, 3.63) is 52.7 Å². The normalized spacial score (nSPS) is 10.7. The molecule has 0 aliphatic rings. The molecule has 0 saturated heterocycles. The zero-order valence-corrected chi connectivity index (χ0v) is 13.9. The van der Waals surface area contributed by atoms with E-state index in [1.165, 1.54) is 4.88 Å². The summed E-state index contributed by atoms with van der Waals surface area (Å²) >= 11 is 1.67. The van der Waals surface area contributed by atoms with E-state index < -0.39 is 0 Å². The number of rotatable bonds is 8. The molecule has 2 rings (SSSR count). The van der Waals surface area contributed by atoms with E-state index in [-0.39, 0.29) is 5.91 Å². The van der Waals surface area contributed by atoms with Gasteiger partial charge < -0.3 is 9.64 Å². The molecule has 22 heavy (non-hydrogen) atoms. The quantitative estimate of drug-likeness (QED) is 0.750. The molecule has 0 aliphatic heterocycles. The third kappa shape index (κ3) is 5.50. The first-order chi connectivity index (χ1) is 10.6. The molecule has 1 amide bonds. The predicted molar refractivity (Wildman–Crippen MR) is 90.2 cm³/mol. The summed E-state index contributed by atoms with van der Waals surface area (Å²) in [4.78, 5) is 17.1. The maximum atomic E-state index is 12.2. The third-order valence-electron chi connectivity index (χ3n) is 3.29. The lowest BCUT2D eigenvalue weighted by Gasteiger charge is -2.21. The fourth-order valence-electron chi connectivity index (χ4n) is 1.99. The fraction of sp³-hybridized carbons (Fsp3) is 0.353. The number of amides is 1. The molecule has 0 N–H and O–H groups in total. The number of para-hydroxylation sites is 1. The topological polar surface area (TPSA) is 32.8 Å². The molecular weight excluding hydrogens is 296 g/mol. The molecule has 1 aromatic carbocycles. The number of benzene rings is 1. The lowest BCUT2D eigenvalue weighted by atomic mass is 10.3. The van der Waals surface area contributed by atoms with E-state index in [0.29, 0.717) is 26.2 Å². The summed E-state index contributed by atoms with van der Waals surface area (Å²) in [6, 6.07) is 13.8. The van der Waals surface area contributed by atoms with Gasteiger partial charge in [-0.25, -0.2) is 0 Å². The van der Waals surface area contributed by atoms with Crippen LogP contribution in [0.15, 0.2) is 47.8 Å². The molecule has 0 fully saturated rings. The maximum Gasteiger partial charge on any atom is 0.236 e. The molecule has 0 spiro atoms. The van der Waals surface area contributed by atoms with Crippen molar-refractivity contribution in [3.8, 4) is 5.75 Å². The zero-order valence-electron chi connectivity index (χ0n) is 13.1. The summed E-state index contributed by atoms with van der Waals surface area (Å²) in [5.41, 5.74) is 0. The van der Waals surface area contributed by atoms with Crippen molar-refractivity contribution in [2.45, 2.75) is 6.54 Å². The van der Waals surface area contributed by atoms with Gasteiger partial charge in [-0.3, -0.25) is 9.69 Å². The van der Waals surface area contributed by atoms with Crippen LogP contribution < -0.4 is 4.74 Å². The maximum absolute atomic E-state index is 12.2. The number of nitrogens with zero attached hydrogens (tertiary/aromatic N) is 2. The van der Waals surface area contributed by atoms with Crippen LogP contribution in [-0.4, -0.2) is 49.5 Å². The summed E-state index contributed by atoms with van der Waals surface area (Å²) in [5.74, 6) is 0.979. The van der Waals surface area contributed by atoms with Crippen molar-refractivity contribution in [1.82, 2.24) is 9.80 Å². The van der Waals surface area contributed by atoms with Crippen molar-refractivity contribution in [3.63, 3.8) is 0 Å². The van der Waals surface area contributed by atoms with Gasteiger partial charge in [0.25, 0.3) is 0 Å². The Morgan fingerprint density at radius 3 is 2.59 bits per heavy atom. The van der Waals surface area contributed by atoms with Crippen LogP contribution in [0.4, 0.5) is 0 Å². The molecule has 2 aromatic rings. The fourth-order valence-corrected chi connectivity index (χ4v) is 2.75. The van der Waals surface area contributed by atoms with Crippen molar-refractivity contribution >= 4 is 17.2 Å². The van der Waals surface area contributed by atoms with E-state index in [0.717, 1.165) is 5.75 Å². The molecular formula is C17H22N2O2S. The Hall–Kier alpha value is -1.85. The van der Waals surface area contributed by atoms with Gasteiger partial charge in [-0.1, -0.05) is 24.3 Å². The van der Waals surface area contributed by atoms with Crippen LogP contribution in [0.2, 0.25) is 0 Å². The first kappa shape index (κ1) is 16.5. The van der Waals surface area contributed by atoms with E-state index in [1.807, 2.05) is 66.8 Å². The minimum Gasteiger partial charge on any atom is -0.492 e. The predicted octanol–water partition coefficient (Wildman–Crippen LogP) is 2.72. The van der Waals surface area contributed by atoms with E-state index in [4.69, 9.17) is 4.74 Å². The highest BCUT2D eigenvalue weighted by Crippen LogP contribution is 2.11. The number of ether oxygens (including phenoxy) is 1. The van der Waals surface area contributed by atoms with Gasteiger partial charge >= 0.3 is 0 Å². The Kier molecular flexibility index (Phi) is 6.43. The average molecular weight is 318 g/mol. The van der Waals surface area contributed by atoms with Crippen LogP contribution in [0.3, 0.4) is 0 Å². The second kappa shape index (κ2) is 8.56. The summed E-state index contributed by atoms with van der Waals surface area (Å²) < 4.78 is 5.64. The van der Waals surface area contributed by atoms with Crippen LogP contribution in [0.1, 0.15) is 4.88 Å². The van der Waals surface area contributed by atoms with Crippen molar-refractivity contribution in [2.24, 2.45) is 0 Å². The minimum absolute atomic E-state index is 0.121. The molecule has 118 valence electrons.